The number of phenolic OH excluding ortho intramolecular Hbond substituents is 1. The van der Waals surface area contributed by atoms with Crippen LogP contribution in [0.4, 0.5) is 0 Å². The van der Waals surface area contributed by atoms with Gasteiger partial charge >= 0.3 is 0 Å². The maximum Gasteiger partial charge on any atom is 0.286 e. The fourth-order valence-electron chi connectivity index (χ4n) is 3.60. The second-order valence-corrected chi connectivity index (χ2v) is 6.80. The molecule has 25 heavy (non-hydrogen) atoms. The Balaban J connectivity index is 2.23. The van der Waals surface area contributed by atoms with Crippen LogP contribution < -0.4 is 4.57 Å². The first-order valence-corrected chi connectivity index (χ1v) is 8.34. The minimum atomic E-state index is -2.20. The lowest BCUT2D eigenvalue weighted by Crippen LogP contribution is -2.34. The number of phenols is 1. The van der Waals surface area contributed by atoms with E-state index in [1.165, 1.54) is 0 Å². The largest absolute Gasteiger partial charge is 0.508 e. The quantitative estimate of drug-likeness (QED) is 0.508. The first-order valence-electron chi connectivity index (χ1n) is 9.84. The number of aryl methyl sites for hydroxylation is 5. The third-order valence-electron chi connectivity index (χ3n) is 4.99. The van der Waals surface area contributed by atoms with E-state index in [0.717, 1.165) is 44.3 Å². The molecule has 0 aliphatic rings. The Bertz CT molecular complexity index is 1250. The summed E-state index contributed by atoms with van der Waals surface area (Å²) >= 11 is 0. The third-order valence-corrected chi connectivity index (χ3v) is 4.99. The van der Waals surface area contributed by atoms with Gasteiger partial charge in [0.25, 0.3) is 5.82 Å². The molecule has 1 N–H and O–H groups in total. The highest BCUT2D eigenvalue weighted by molar-refractivity contribution is 6.10. The second-order valence-electron chi connectivity index (χ2n) is 6.80. The molecule has 2 heterocycles. The van der Waals surface area contributed by atoms with Crippen LogP contribution in [0.2, 0.25) is 0 Å². The summed E-state index contributed by atoms with van der Waals surface area (Å²) < 4.78 is 27.7. The van der Waals surface area contributed by atoms with Crippen molar-refractivity contribution in [1.29, 1.82) is 0 Å². The summed E-state index contributed by atoms with van der Waals surface area (Å²) in [6.07, 6.45) is 1.85. The van der Waals surface area contributed by atoms with Crippen LogP contribution in [0.15, 0.2) is 42.6 Å². The summed E-state index contributed by atoms with van der Waals surface area (Å²) in [6.45, 7) is 3.55. The van der Waals surface area contributed by atoms with Gasteiger partial charge in [0.1, 0.15) is 16.8 Å². The minimum Gasteiger partial charge on any atom is -0.508 e. The van der Waals surface area contributed by atoms with E-state index in [4.69, 9.17) is 4.11 Å². The van der Waals surface area contributed by atoms with Gasteiger partial charge in [-0.15, -0.1) is 0 Å². The number of rotatable bonds is 1. The van der Waals surface area contributed by atoms with Crippen LogP contribution in [0.1, 0.15) is 26.4 Å². The Morgan fingerprint density at radius 2 is 1.76 bits per heavy atom. The molecule has 2 aromatic heterocycles. The van der Waals surface area contributed by atoms with Crippen molar-refractivity contribution in [3.05, 3.63) is 64.8 Å². The number of aromatic hydroxyl groups is 1. The van der Waals surface area contributed by atoms with Crippen LogP contribution in [-0.2, 0) is 7.05 Å². The zero-order chi connectivity index (χ0) is 20.4. The second kappa shape index (κ2) is 5.35. The van der Waals surface area contributed by atoms with Gasteiger partial charge in [0.05, 0.1) is 13.2 Å². The van der Waals surface area contributed by atoms with Gasteiger partial charge < -0.3 is 5.11 Å². The maximum atomic E-state index is 10.4. The molecule has 3 nitrogen and oxygen atoms in total. The minimum absolute atomic E-state index is 0.221. The van der Waals surface area contributed by atoms with Crippen molar-refractivity contribution >= 4 is 21.8 Å². The summed E-state index contributed by atoms with van der Waals surface area (Å²) in [5.74, 6) is 0.968. The molecular weight excluding hydrogens is 308 g/mol. The lowest BCUT2D eigenvalue weighted by atomic mass is 10.1. The van der Waals surface area contributed by atoms with Gasteiger partial charge in [-0.25, -0.2) is 4.57 Å². The Morgan fingerprint density at radius 1 is 1.00 bits per heavy atom. The van der Waals surface area contributed by atoms with Crippen LogP contribution in [0.5, 0.6) is 5.75 Å². The van der Waals surface area contributed by atoms with Crippen molar-refractivity contribution in [2.45, 2.75) is 27.6 Å². The molecule has 126 valence electrons. The van der Waals surface area contributed by atoms with Gasteiger partial charge in [0.2, 0.25) is 0 Å². The van der Waals surface area contributed by atoms with Gasteiger partial charge in [0, 0.05) is 26.5 Å². The monoisotopic (exact) mass is 334 g/mol. The fraction of sp³-hybridized carbons (Fsp3) is 0.227. The Kier molecular flexibility index (Phi) is 2.68. The summed E-state index contributed by atoms with van der Waals surface area (Å²) in [5.41, 5.74) is 4.81. The average Bonchev–Trinajstić information content (AvgIpc) is 2.91. The van der Waals surface area contributed by atoms with E-state index in [9.17, 15) is 5.11 Å². The smallest absolute Gasteiger partial charge is 0.286 e. The van der Waals surface area contributed by atoms with Crippen molar-refractivity contribution in [3.63, 3.8) is 0 Å². The Hall–Kier alpha value is -2.81. The first kappa shape index (κ1) is 12.5. The molecule has 0 aliphatic carbocycles. The molecule has 0 spiro atoms. The summed E-state index contributed by atoms with van der Waals surface area (Å²) in [4.78, 5) is 0. The molecule has 2 aromatic carbocycles. The molecule has 4 aromatic rings. The normalized spacial score (nSPS) is 13.8. The molecule has 0 fully saturated rings. The molecule has 0 aliphatic heterocycles. The molecule has 4 rings (SSSR count). The molecular formula is C22H23N2O+. The van der Waals surface area contributed by atoms with Crippen LogP contribution in [-0.4, -0.2) is 9.67 Å². The number of fused-ring (bicyclic) bond motifs is 3. The number of pyridine rings is 1. The topological polar surface area (TPSA) is 29.0 Å². The van der Waals surface area contributed by atoms with Crippen molar-refractivity contribution in [2.75, 3.05) is 0 Å². The Morgan fingerprint density at radius 3 is 2.52 bits per heavy atom. The van der Waals surface area contributed by atoms with Gasteiger partial charge in [-0.05, 0) is 68.6 Å². The number of benzene rings is 2. The predicted molar refractivity (Wildman–Crippen MR) is 103 cm³/mol. The lowest BCUT2D eigenvalue weighted by Gasteiger charge is -2.09. The van der Waals surface area contributed by atoms with Crippen molar-refractivity contribution in [2.24, 2.45) is 7.05 Å². The standard InChI is InChI=1S/C22H22N2O/c1-13-6-7-17-18-8-9-20(25)16(4)22(18)24(19(17)10-13)21-11-14(2)15(3)12-23(21)5/h6-12H,1-5H3/p+1/i2D3. The maximum absolute atomic E-state index is 10.4. The molecule has 0 saturated heterocycles. The van der Waals surface area contributed by atoms with E-state index in [-0.39, 0.29) is 5.75 Å². The number of hydrogen-bond acceptors (Lipinski definition) is 1. The van der Waals surface area contributed by atoms with Crippen LogP contribution in [0.25, 0.3) is 27.6 Å². The van der Waals surface area contributed by atoms with Gasteiger partial charge in [0.15, 0.2) is 0 Å². The van der Waals surface area contributed by atoms with E-state index in [0.29, 0.717) is 5.56 Å². The summed E-state index contributed by atoms with van der Waals surface area (Å²) in [6, 6.07) is 11.6. The van der Waals surface area contributed by atoms with Gasteiger partial charge in [-0.3, -0.25) is 0 Å². The predicted octanol–water partition coefficient (Wildman–Crippen LogP) is 4.55. The van der Waals surface area contributed by atoms with Crippen LogP contribution in [0.3, 0.4) is 0 Å². The van der Waals surface area contributed by atoms with E-state index in [1.54, 1.807) is 12.1 Å². The highest BCUT2D eigenvalue weighted by Gasteiger charge is 2.24. The third kappa shape index (κ3) is 2.23. The molecule has 0 bridgehead atoms. The molecule has 0 unspecified atom stereocenters. The van der Waals surface area contributed by atoms with Gasteiger partial charge in [-0.1, -0.05) is 6.07 Å². The average molecular weight is 334 g/mol. The molecule has 0 amide bonds. The molecule has 0 atom stereocenters. The van der Waals surface area contributed by atoms with Crippen LogP contribution >= 0.6 is 0 Å². The van der Waals surface area contributed by atoms with E-state index >= 15 is 0 Å². The van der Waals surface area contributed by atoms with Crippen LogP contribution in [0, 0.1) is 27.6 Å². The summed E-state index contributed by atoms with van der Waals surface area (Å²) in [7, 11) is 1.91. The Labute approximate surface area is 152 Å². The lowest BCUT2D eigenvalue weighted by molar-refractivity contribution is -0.665. The molecule has 0 radical (unpaired) electrons. The summed E-state index contributed by atoms with van der Waals surface area (Å²) in [5, 5.41) is 12.5. The zero-order valence-electron chi connectivity index (χ0n) is 17.9. The van der Waals surface area contributed by atoms with Crippen molar-refractivity contribution < 1.29 is 13.8 Å². The first-order chi connectivity index (χ1) is 13.1. The molecule has 0 saturated carbocycles. The highest BCUT2D eigenvalue weighted by Crippen LogP contribution is 2.36. The van der Waals surface area contributed by atoms with Crippen molar-refractivity contribution in [3.8, 4) is 11.6 Å². The fourth-order valence-corrected chi connectivity index (χ4v) is 3.60. The number of nitrogens with zero attached hydrogens (tertiary/aromatic N) is 2. The van der Waals surface area contributed by atoms with E-state index in [2.05, 4.69) is 22.8 Å². The van der Waals surface area contributed by atoms with Gasteiger partial charge in [-0.2, -0.15) is 4.57 Å². The highest BCUT2D eigenvalue weighted by atomic mass is 16.3. The molecule has 3 heteroatoms. The SMILES string of the molecule is [2H]C([2H])([2H])c1cc(-n2c3cc(C)ccc3c3ccc(O)c(C)c32)[n+](C)cc1C. The number of hydrogen-bond donors (Lipinski definition) is 1. The van der Waals surface area contributed by atoms with Crippen molar-refractivity contribution in [1.82, 2.24) is 4.57 Å². The van der Waals surface area contributed by atoms with E-state index < -0.39 is 6.85 Å². The number of aromatic nitrogens is 2. The van der Waals surface area contributed by atoms with E-state index in [1.807, 2.05) is 44.6 Å². The zero-order valence-corrected chi connectivity index (χ0v) is 14.9.